The molecule has 1 aromatic carbocycles. The molecule has 0 fully saturated rings. The van der Waals surface area contributed by atoms with Gasteiger partial charge in [0.25, 0.3) is 0 Å². The highest BCUT2D eigenvalue weighted by Crippen LogP contribution is 2.35. The maximum Gasteiger partial charge on any atom is 0.244 e. The maximum atomic E-state index is 12.2. The van der Waals surface area contributed by atoms with Crippen molar-refractivity contribution in [3.05, 3.63) is 21.6 Å². The lowest BCUT2D eigenvalue weighted by molar-refractivity contribution is 0.283. The van der Waals surface area contributed by atoms with Crippen molar-refractivity contribution >= 4 is 37.6 Å². The van der Waals surface area contributed by atoms with Gasteiger partial charge in [0.1, 0.15) is 4.90 Å². The van der Waals surface area contributed by atoms with E-state index in [1.165, 1.54) is 13.2 Å². The minimum atomic E-state index is -3.69. The van der Waals surface area contributed by atoms with E-state index in [1.807, 2.05) is 0 Å². The van der Waals surface area contributed by atoms with Gasteiger partial charge in [0.15, 0.2) is 5.75 Å². The van der Waals surface area contributed by atoms with E-state index < -0.39 is 10.0 Å². The zero-order valence-corrected chi connectivity index (χ0v) is 14.2. The van der Waals surface area contributed by atoms with Crippen LogP contribution in [0.4, 0.5) is 0 Å². The first-order chi connectivity index (χ1) is 9.42. The molecular weight excluding hydrogens is 370 g/mol. The van der Waals surface area contributed by atoms with Gasteiger partial charge >= 0.3 is 0 Å². The predicted octanol–water partition coefficient (Wildman–Crippen LogP) is 2.55. The van der Waals surface area contributed by atoms with E-state index >= 15 is 0 Å². The van der Waals surface area contributed by atoms with Gasteiger partial charge in [-0.25, -0.2) is 13.1 Å². The number of hydrogen-bond donors (Lipinski definition) is 2. The molecule has 0 aliphatic heterocycles. The first-order valence-electron chi connectivity index (χ1n) is 6.06. The highest BCUT2D eigenvalue weighted by molar-refractivity contribution is 9.10. The van der Waals surface area contributed by atoms with Crippen LogP contribution in [-0.4, -0.2) is 33.8 Å². The van der Waals surface area contributed by atoms with Crippen molar-refractivity contribution in [3.63, 3.8) is 0 Å². The molecule has 0 aromatic heterocycles. The molecule has 20 heavy (non-hydrogen) atoms. The van der Waals surface area contributed by atoms with Crippen molar-refractivity contribution in [2.45, 2.75) is 24.2 Å². The molecule has 0 radical (unpaired) electrons. The maximum absolute atomic E-state index is 12.2. The number of methoxy groups -OCH3 is 1. The van der Waals surface area contributed by atoms with Crippen molar-refractivity contribution < 1.29 is 18.3 Å². The van der Waals surface area contributed by atoms with E-state index in [1.54, 1.807) is 6.07 Å². The molecule has 0 saturated carbocycles. The van der Waals surface area contributed by atoms with Crippen LogP contribution in [0.3, 0.4) is 0 Å². The third-order valence-corrected chi connectivity index (χ3v) is 4.87. The fourth-order valence-corrected chi connectivity index (χ4v) is 4.09. The smallest absolute Gasteiger partial charge is 0.244 e. The Labute approximate surface area is 132 Å². The number of nitrogens with one attached hydrogen (secondary N) is 1. The normalized spacial score (nSPS) is 11.6. The average molecular weight is 387 g/mol. The molecule has 0 spiro atoms. The highest BCUT2D eigenvalue weighted by atomic mass is 79.9. The molecule has 2 N–H and O–H groups in total. The van der Waals surface area contributed by atoms with Gasteiger partial charge < -0.3 is 9.84 Å². The minimum absolute atomic E-state index is 0.00142. The quantitative estimate of drug-likeness (QED) is 0.673. The second kappa shape index (κ2) is 8.19. The van der Waals surface area contributed by atoms with Gasteiger partial charge in [0.05, 0.1) is 11.6 Å². The number of halogens is 2. The van der Waals surface area contributed by atoms with Crippen LogP contribution in [-0.2, 0) is 10.0 Å². The topological polar surface area (TPSA) is 75.6 Å². The number of aliphatic hydroxyl groups excluding tert-OH is 1. The predicted molar refractivity (Wildman–Crippen MR) is 81.8 cm³/mol. The van der Waals surface area contributed by atoms with Gasteiger partial charge in [-0.2, -0.15) is 0 Å². The average Bonchev–Trinajstić information content (AvgIpc) is 2.37. The Kier molecular flexibility index (Phi) is 7.25. The number of ether oxygens (including phenoxy) is 1. The first kappa shape index (κ1) is 17.7. The van der Waals surface area contributed by atoms with Crippen LogP contribution in [0.5, 0.6) is 5.75 Å². The summed E-state index contributed by atoms with van der Waals surface area (Å²) in [4.78, 5) is 0.00142. The van der Waals surface area contributed by atoms with Gasteiger partial charge in [-0.05, 0) is 47.3 Å². The van der Waals surface area contributed by atoms with Gasteiger partial charge in [-0.3, -0.25) is 0 Å². The van der Waals surface area contributed by atoms with Crippen LogP contribution in [0.25, 0.3) is 0 Å². The Morgan fingerprint density at radius 3 is 2.65 bits per heavy atom. The summed E-state index contributed by atoms with van der Waals surface area (Å²) in [6, 6.07) is 2.92. The van der Waals surface area contributed by atoms with Crippen LogP contribution in [0.15, 0.2) is 21.5 Å². The van der Waals surface area contributed by atoms with E-state index in [-0.39, 0.29) is 17.3 Å². The lowest BCUT2D eigenvalue weighted by Gasteiger charge is -2.12. The molecule has 0 saturated heterocycles. The first-order valence-corrected chi connectivity index (χ1v) is 8.71. The van der Waals surface area contributed by atoms with Crippen LogP contribution in [0, 0.1) is 0 Å². The van der Waals surface area contributed by atoms with Crippen molar-refractivity contribution in [2.24, 2.45) is 0 Å². The number of benzene rings is 1. The summed E-state index contributed by atoms with van der Waals surface area (Å²) in [6.45, 7) is 0.414. The fourth-order valence-electron chi connectivity index (χ4n) is 1.63. The lowest BCUT2D eigenvalue weighted by atomic mass is 10.2. The van der Waals surface area contributed by atoms with Crippen LogP contribution >= 0.6 is 27.5 Å². The van der Waals surface area contributed by atoms with Crippen molar-refractivity contribution in [1.29, 1.82) is 0 Å². The van der Waals surface area contributed by atoms with E-state index in [4.69, 9.17) is 21.4 Å². The van der Waals surface area contributed by atoms with Crippen LogP contribution < -0.4 is 9.46 Å². The summed E-state index contributed by atoms with van der Waals surface area (Å²) in [5.41, 5.74) is 0. The van der Waals surface area contributed by atoms with Crippen molar-refractivity contribution in [3.8, 4) is 5.75 Å². The molecule has 114 valence electrons. The number of rotatable bonds is 8. The van der Waals surface area contributed by atoms with Crippen LogP contribution in [0.1, 0.15) is 19.3 Å². The molecule has 0 bridgehead atoms. The monoisotopic (exact) mass is 385 g/mol. The molecule has 5 nitrogen and oxygen atoms in total. The standard InChI is InChI=1S/C12H17BrClNO4S/c1-19-12-10(13)7-9(14)8-11(12)20(17,18)15-5-3-2-4-6-16/h7-8,15-16H,2-6H2,1H3. The van der Waals surface area contributed by atoms with E-state index in [0.29, 0.717) is 28.9 Å². The summed E-state index contributed by atoms with van der Waals surface area (Å²) in [7, 11) is -2.29. The van der Waals surface area contributed by atoms with Gasteiger partial charge in [0, 0.05) is 18.2 Å². The molecule has 8 heteroatoms. The molecule has 0 amide bonds. The third-order valence-electron chi connectivity index (χ3n) is 2.59. The lowest BCUT2D eigenvalue weighted by Crippen LogP contribution is -2.25. The Morgan fingerprint density at radius 2 is 2.05 bits per heavy atom. The highest BCUT2D eigenvalue weighted by Gasteiger charge is 2.22. The SMILES string of the molecule is COc1c(Br)cc(Cl)cc1S(=O)(=O)NCCCCCO. The zero-order valence-electron chi connectivity index (χ0n) is 11.0. The summed E-state index contributed by atoms with van der Waals surface area (Å²) < 4.78 is 32.5. The second-order valence-corrected chi connectivity index (χ2v) is 7.13. The minimum Gasteiger partial charge on any atom is -0.494 e. The number of hydrogen-bond acceptors (Lipinski definition) is 4. The molecule has 0 aliphatic carbocycles. The Bertz CT molecular complexity index is 551. The fraction of sp³-hybridized carbons (Fsp3) is 0.500. The van der Waals surface area contributed by atoms with Gasteiger partial charge in [0.2, 0.25) is 10.0 Å². The molecule has 1 rings (SSSR count). The van der Waals surface area contributed by atoms with E-state index in [9.17, 15) is 8.42 Å². The van der Waals surface area contributed by atoms with Gasteiger partial charge in [-0.15, -0.1) is 0 Å². The number of unbranched alkanes of at least 4 members (excludes halogenated alkanes) is 2. The largest absolute Gasteiger partial charge is 0.494 e. The number of aliphatic hydroxyl groups is 1. The summed E-state index contributed by atoms with van der Waals surface area (Å²) in [5, 5.41) is 8.96. The summed E-state index contributed by atoms with van der Waals surface area (Å²) in [5.74, 6) is 0.220. The van der Waals surface area contributed by atoms with Gasteiger partial charge in [-0.1, -0.05) is 11.6 Å². The molecule has 0 atom stereocenters. The Morgan fingerprint density at radius 1 is 1.35 bits per heavy atom. The van der Waals surface area contributed by atoms with E-state index in [2.05, 4.69) is 20.7 Å². The summed E-state index contributed by atoms with van der Waals surface area (Å²) >= 11 is 9.11. The summed E-state index contributed by atoms with van der Waals surface area (Å²) in [6.07, 6.45) is 2.08. The van der Waals surface area contributed by atoms with Crippen molar-refractivity contribution in [2.75, 3.05) is 20.3 Å². The molecule has 0 unspecified atom stereocenters. The third kappa shape index (κ3) is 4.89. The Hall–Kier alpha value is -0.340. The molecule has 0 aliphatic rings. The Balaban J connectivity index is 2.87. The molecule has 0 heterocycles. The van der Waals surface area contributed by atoms with Crippen LogP contribution in [0.2, 0.25) is 5.02 Å². The molecule has 1 aromatic rings. The van der Waals surface area contributed by atoms with Crippen molar-refractivity contribution in [1.82, 2.24) is 4.72 Å². The molecular formula is C12H17BrClNO4S. The number of sulfonamides is 1. The van der Waals surface area contributed by atoms with E-state index in [0.717, 1.165) is 6.42 Å². The second-order valence-electron chi connectivity index (χ2n) is 4.10. The zero-order chi connectivity index (χ0) is 15.2.